The van der Waals surface area contributed by atoms with Crippen molar-refractivity contribution in [3.05, 3.63) is 42.2 Å². The van der Waals surface area contributed by atoms with Crippen LogP contribution in [-0.2, 0) is 7.05 Å². The quantitative estimate of drug-likeness (QED) is 0.559. The Bertz CT molecular complexity index is 1060. The molecule has 2 N–H and O–H groups in total. The van der Waals surface area contributed by atoms with E-state index in [1.54, 1.807) is 30.2 Å². The third-order valence-electron chi connectivity index (χ3n) is 3.53. The molecule has 0 saturated heterocycles. The second-order valence-corrected chi connectivity index (χ2v) is 5.49. The number of aromatic amines is 1. The van der Waals surface area contributed by atoms with E-state index in [1.165, 1.54) is 6.26 Å². The number of nitrogens with zero attached hydrogens (tertiary/aromatic N) is 7. The molecule has 26 heavy (non-hydrogen) atoms. The van der Waals surface area contributed by atoms with Gasteiger partial charge in [-0.25, -0.2) is 10.1 Å². The molecule has 11 nitrogen and oxygen atoms in total. The van der Waals surface area contributed by atoms with Gasteiger partial charge in [0, 0.05) is 30.7 Å². The van der Waals surface area contributed by atoms with Crippen molar-refractivity contribution in [3.63, 3.8) is 0 Å². The van der Waals surface area contributed by atoms with Gasteiger partial charge in [-0.1, -0.05) is 0 Å². The molecule has 4 aromatic rings. The highest BCUT2D eigenvalue weighted by Crippen LogP contribution is 2.24. The summed E-state index contributed by atoms with van der Waals surface area (Å²) in [6, 6.07) is 3.58. The molecule has 1 amide bonds. The molecule has 11 heteroatoms. The molecule has 0 saturated carbocycles. The number of hydrogen-bond donors (Lipinski definition) is 2. The minimum absolute atomic E-state index is 0.139. The summed E-state index contributed by atoms with van der Waals surface area (Å²) in [4.78, 5) is 20.9. The summed E-state index contributed by atoms with van der Waals surface area (Å²) >= 11 is 0. The van der Waals surface area contributed by atoms with Crippen LogP contribution in [0, 0.1) is 6.92 Å². The largest absolute Gasteiger partial charge is 0.444 e. The van der Waals surface area contributed by atoms with Crippen molar-refractivity contribution < 1.29 is 9.21 Å². The number of anilines is 1. The van der Waals surface area contributed by atoms with E-state index < -0.39 is 5.91 Å². The number of aryl methyl sites for hydroxylation is 2. The first-order valence-electron chi connectivity index (χ1n) is 7.58. The van der Waals surface area contributed by atoms with E-state index in [1.807, 2.05) is 13.0 Å². The maximum absolute atomic E-state index is 12.5. The second-order valence-electron chi connectivity index (χ2n) is 5.49. The highest BCUT2D eigenvalue weighted by Gasteiger charge is 2.19. The maximum Gasteiger partial charge on any atom is 0.277 e. The van der Waals surface area contributed by atoms with Crippen molar-refractivity contribution in [1.29, 1.82) is 0 Å². The molecule has 0 bridgehead atoms. The van der Waals surface area contributed by atoms with Gasteiger partial charge in [-0.2, -0.15) is 5.10 Å². The topological polar surface area (TPSA) is 140 Å². The number of aromatic nitrogens is 8. The fraction of sp³-hybridized carbons (Fsp3) is 0.133. The molecule has 0 aliphatic rings. The van der Waals surface area contributed by atoms with Gasteiger partial charge >= 0.3 is 0 Å². The molecule has 0 unspecified atom stereocenters. The number of rotatable bonds is 4. The van der Waals surface area contributed by atoms with Crippen molar-refractivity contribution in [2.75, 3.05) is 5.32 Å². The number of hydrogen-bond acceptors (Lipinski definition) is 8. The van der Waals surface area contributed by atoms with Gasteiger partial charge in [-0.15, -0.1) is 5.10 Å². The molecule has 0 spiro atoms. The predicted molar refractivity (Wildman–Crippen MR) is 88.8 cm³/mol. The van der Waals surface area contributed by atoms with E-state index >= 15 is 0 Å². The zero-order valence-electron chi connectivity index (χ0n) is 13.8. The number of amides is 1. The van der Waals surface area contributed by atoms with Gasteiger partial charge in [0.2, 0.25) is 11.7 Å². The molecular weight excluding hydrogens is 338 g/mol. The van der Waals surface area contributed by atoms with Crippen LogP contribution in [0.3, 0.4) is 0 Å². The number of oxazole rings is 1. The van der Waals surface area contributed by atoms with Crippen LogP contribution >= 0.6 is 0 Å². The van der Waals surface area contributed by atoms with Gasteiger partial charge in [-0.3, -0.25) is 14.5 Å². The minimum atomic E-state index is -0.437. The predicted octanol–water partition coefficient (Wildman–Crippen LogP) is 1.21. The van der Waals surface area contributed by atoms with Crippen molar-refractivity contribution in [2.24, 2.45) is 7.05 Å². The SMILES string of the molecule is Cc1cc(-c2nc(C(=O)Nc3cn(C)nc3-c3nnn[nH]3)co2)ccn1. The van der Waals surface area contributed by atoms with Gasteiger partial charge in [0.15, 0.2) is 11.4 Å². The van der Waals surface area contributed by atoms with Crippen LogP contribution in [0.4, 0.5) is 5.69 Å². The summed E-state index contributed by atoms with van der Waals surface area (Å²) in [7, 11) is 1.73. The van der Waals surface area contributed by atoms with Crippen molar-refractivity contribution in [3.8, 4) is 23.0 Å². The van der Waals surface area contributed by atoms with E-state index in [0.29, 0.717) is 23.1 Å². The second kappa shape index (κ2) is 6.20. The standard InChI is InChI=1S/C15H13N9O2/c1-8-5-9(3-4-16-8)15-18-11(7-26-15)14(25)17-10-6-24(2)21-12(10)13-19-22-23-20-13/h3-7H,1-2H3,(H,17,25)(H,19,20,22,23). The summed E-state index contributed by atoms with van der Waals surface area (Å²) < 4.78 is 6.96. The average molecular weight is 351 g/mol. The zero-order chi connectivity index (χ0) is 18.1. The number of carbonyl (C=O) groups excluding carboxylic acids is 1. The first-order valence-corrected chi connectivity index (χ1v) is 7.58. The lowest BCUT2D eigenvalue weighted by Gasteiger charge is -2.00. The molecule has 4 rings (SSSR count). The molecule has 0 atom stereocenters. The minimum Gasteiger partial charge on any atom is -0.444 e. The fourth-order valence-corrected chi connectivity index (χ4v) is 2.39. The Balaban J connectivity index is 1.59. The number of nitrogens with one attached hydrogen (secondary N) is 2. The third-order valence-corrected chi connectivity index (χ3v) is 3.53. The van der Waals surface area contributed by atoms with Gasteiger partial charge in [0.25, 0.3) is 5.91 Å². The first-order chi connectivity index (χ1) is 12.6. The molecule has 0 aliphatic carbocycles. The van der Waals surface area contributed by atoms with Gasteiger partial charge < -0.3 is 9.73 Å². The highest BCUT2D eigenvalue weighted by molar-refractivity contribution is 6.04. The van der Waals surface area contributed by atoms with E-state index in [2.05, 4.69) is 41.0 Å². The molecule has 0 aromatic carbocycles. The Morgan fingerprint density at radius 2 is 2.27 bits per heavy atom. The van der Waals surface area contributed by atoms with Gasteiger partial charge in [0.1, 0.15) is 6.26 Å². The van der Waals surface area contributed by atoms with E-state index in [-0.39, 0.29) is 5.69 Å². The Hall–Kier alpha value is -3.89. The smallest absolute Gasteiger partial charge is 0.277 e. The van der Waals surface area contributed by atoms with Crippen LogP contribution in [0.1, 0.15) is 16.2 Å². The Labute approximate surface area is 146 Å². The molecule has 130 valence electrons. The third kappa shape index (κ3) is 2.92. The summed E-state index contributed by atoms with van der Waals surface area (Å²) in [5, 5.41) is 20.4. The van der Waals surface area contributed by atoms with Gasteiger partial charge in [0.05, 0.1) is 5.69 Å². The number of H-pyrrole nitrogens is 1. The molecule has 0 aliphatic heterocycles. The van der Waals surface area contributed by atoms with Crippen LogP contribution in [0.15, 0.2) is 35.2 Å². The molecule has 0 radical (unpaired) electrons. The van der Waals surface area contributed by atoms with Crippen molar-refractivity contribution >= 4 is 11.6 Å². The van der Waals surface area contributed by atoms with Crippen LogP contribution in [0.5, 0.6) is 0 Å². The first kappa shape index (κ1) is 15.6. The average Bonchev–Trinajstić information content (AvgIpc) is 3.35. The normalized spacial score (nSPS) is 10.8. The van der Waals surface area contributed by atoms with Crippen LogP contribution in [-0.4, -0.2) is 46.3 Å². The highest BCUT2D eigenvalue weighted by atomic mass is 16.3. The Kier molecular flexibility index (Phi) is 3.73. The Morgan fingerprint density at radius 1 is 1.38 bits per heavy atom. The molecule has 4 heterocycles. The molecule has 4 aromatic heterocycles. The van der Waals surface area contributed by atoms with Gasteiger partial charge in [-0.05, 0) is 29.5 Å². The van der Waals surface area contributed by atoms with E-state index in [9.17, 15) is 4.79 Å². The van der Waals surface area contributed by atoms with Crippen LogP contribution < -0.4 is 5.32 Å². The zero-order valence-corrected chi connectivity index (χ0v) is 13.8. The number of carbonyl (C=O) groups is 1. The van der Waals surface area contributed by atoms with E-state index in [0.717, 1.165) is 11.3 Å². The van der Waals surface area contributed by atoms with Crippen LogP contribution in [0.2, 0.25) is 0 Å². The van der Waals surface area contributed by atoms with E-state index in [4.69, 9.17) is 4.42 Å². The molecule has 0 fully saturated rings. The lowest BCUT2D eigenvalue weighted by molar-refractivity contribution is 0.102. The number of pyridine rings is 1. The lowest BCUT2D eigenvalue weighted by Crippen LogP contribution is -2.12. The number of tetrazole rings is 1. The molecular formula is C15H13N9O2. The summed E-state index contributed by atoms with van der Waals surface area (Å²) in [6.07, 6.45) is 4.59. The Morgan fingerprint density at radius 3 is 3.04 bits per heavy atom. The summed E-state index contributed by atoms with van der Waals surface area (Å²) in [5.74, 6) is 0.244. The fourth-order valence-electron chi connectivity index (χ4n) is 2.39. The van der Waals surface area contributed by atoms with Crippen molar-refractivity contribution in [1.82, 2.24) is 40.4 Å². The summed E-state index contributed by atoms with van der Waals surface area (Å²) in [6.45, 7) is 1.86. The lowest BCUT2D eigenvalue weighted by atomic mass is 10.2. The van der Waals surface area contributed by atoms with Crippen LogP contribution in [0.25, 0.3) is 23.0 Å². The monoisotopic (exact) mass is 351 g/mol. The van der Waals surface area contributed by atoms with Crippen molar-refractivity contribution in [2.45, 2.75) is 6.92 Å². The maximum atomic E-state index is 12.5. The summed E-state index contributed by atoms with van der Waals surface area (Å²) in [5.41, 5.74) is 2.57.